The van der Waals surface area contributed by atoms with Crippen LogP contribution in [0.5, 0.6) is 0 Å². The number of carbonyl (C=O) groups excluding carboxylic acids is 2. The molecule has 0 aliphatic carbocycles. The van der Waals surface area contributed by atoms with Crippen LogP contribution in [0.2, 0.25) is 0 Å². The van der Waals surface area contributed by atoms with Crippen molar-refractivity contribution in [2.24, 2.45) is 0 Å². The molecule has 0 bridgehead atoms. The first kappa shape index (κ1) is 18.1. The highest BCUT2D eigenvalue weighted by Gasteiger charge is 2.34. The lowest BCUT2D eigenvalue weighted by Crippen LogP contribution is -2.54. The van der Waals surface area contributed by atoms with Gasteiger partial charge in [-0.2, -0.15) is 0 Å². The molecule has 1 N–H and O–H groups in total. The van der Waals surface area contributed by atoms with Gasteiger partial charge in [0.2, 0.25) is 0 Å². The highest BCUT2D eigenvalue weighted by Crippen LogP contribution is 2.26. The Hall–Kier alpha value is -3.32. The third-order valence-electron chi connectivity index (χ3n) is 4.65. The molecule has 7 heteroatoms. The first-order valence-corrected chi connectivity index (χ1v) is 9.15. The molecule has 1 fully saturated rings. The predicted molar refractivity (Wildman–Crippen MR) is 110 cm³/mol. The summed E-state index contributed by atoms with van der Waals surface area (Å²) in [6.45, 7) is 2.78. The SMILES string of the molecule is CCn1cc(C=C2C(=O)NC(=S)N(c3ccc(F)cc3)C2=O)c2ccccc21. The van der Waals surface area contributed by atoms with E-state index in [4.69, 9.17) is 12.2 Å². The Balaban J connectivity index is 1.80. The van der Waals surface area contributed by atoms with Crippen molar-refractivity contribution in [2.45, 2.75) is 13.5 Å². The summed E-state index contributed by atoms with van der Waals surface area (Å²) in [5.74, 6) is -1.53. The number of carbonyl (C=O) groups is 2. The first-order chi connectivity index (χ1) is 13.5. The van der Waals surface area contributed by atoms with E-state index in [1.807, 2.05) is 37.4 Å². The van der Waals surface area contributed by atoms with Gasteiger partial charge in [0, 0.05) is 29.2 Å². The highest BCUT2D eigenvalue weighted by molar-refractivity contribution is 7.80. The van der Waals surface area contributed by atoms with Crippen LogP contribution in [0, 0.1) is 5.82 Å². The van der Waals surface area contributed by atoms with Crippen LogP contribution in [0.15, 0.2) is 60.3 Å². The molecule has 2 amide bonds. The van der Waals surface area contributed by atoms with E-state index in [1.165, 1.54) is 29.2 Å². The molecule has 1 aliphatic rings. The van der Waals surface area contributed by atoms with E-state index in [9.17, 15) is 14.0 Å². The molecule has 4 rings (SSSR count). The Morgan fingerprint density at radius 2 is 1.82 bits per heavy atom. The normalized spacial score (nSPS) is 16.1. The summed E-state index contributed by atoms with van der Waals surface area (Å²) in [7, 11) is 0. The van der Waals surface area contributed by atoms with Gasteiger partial charge in [-0.25, -0.2) is 4.39 Å². The minimum atomic E-state index is -0.554. The number of hydrogen-bond acceptors (Lipinski definition) is 3. The molecule has 2 aromatic carbocycles. The largest absolute Gasteiger partial charge is 0.347 e. The van der Waals surface area contributed by atoms with E-state index < -0.39 is 17.6 Å². The number of nitrogens with zero attached hydrogens (tertiary/aromatic N) is 2. The molecule has 5 nitrogen and oxygen atoms in total. The van der Waals surface area contributed by atoms with Crippen LogP contribution in [0.3, 0.4) is 0 Å². The minimum absolute atomic E-state index is 0.0306. The van der Waals surface area contributed by atoms with Crippen molar-refractivity contribution in [3.05, 3.63) is 71.7 Å². The van der Waals surface area contributed by atoms with Crippen molar-refractivity contribution in [1.82, 2.24) is 9.88 Å². The van der Waals surface area contributed by atoms with Crippen LogP contribution in [0.4, 0.5) is 10.1 Å². The quantitative estimate of drug-likeness (QED) is 0.420. The van der Waals surface area contributed by atoms with Crippen LogP contribution in [-0.4, -0.2) is 21.5 Å². The number of aromatic nitrogens is 1. The van der Waals surface area contributed by atoms with Gasteiger partial charge in [0.1, 0.15) is 11.4 Å². The third kappa shape index (κ3) is 2.99. The molecule has 1 saturated heterocycles. The zero-order valence-electron chi connectivity index (χ0n) is 15.0. The molecule has 28 heavy (non-hydrogen) atoms. The molecule has 0 atom stereocenters. The summed E-state index contributed by atoms with van der Waals surface area (Å²) in [6.07, 6.45) is 3.48. The molecule has 0 spiro atoms. The summed E-state index contributed by atoms with van der Waals surface area (Å²) in [5, 5.41) is 3.45. The van der Waals surface area contributed by atoms with E-state index in [0.29, 0.717) is 5.69 Å². The molecule has 0 radical (unpaired) electrons. The van der Waals surface area contributed by atoms with Gasteiger partial charge in [0.15, 0.2) is 5.11 Å². The van der Waals surface area contributed by atoms with Crippen molar-refractivity contribution in [3.63, 3.8) is 0 Å². The topological polar surface area (TPSA) is 54.3 Å². The molecular formula is C21H16FN3O2S. The van der Waals surface area contributed by atoms with E-state index >= 15 is 0 Å². The fourth-order valence-electron chi connectivity index (χ4n) is 3.29. The van der Waals surface area contributed by atoms with Gasteiger partial charge in [-0.3, -0.25) is 19.8 Å². The van der Waals surface area contributed by atoms with E-state index in [2.05, 4.69) is 9.88 Å². The lowest BCUT2D eigenvalue weighted by molar-refractivity contribution is -0.122. The average Bonchev–Trinajstić information content (AvgIpc) is 3.04. The van der Waals surface area contributed by atoms with Gasteiger partial charge >= 0.3 is 0 Å². The van der Waals surface area contributed by atoms with Gasteiger partial charge in [0.25, 0.3) is 11.8 Å². The average molecular weight is 393 g/mol. The Kier molecular flexibility index (Phi) is 4.52. The lowest BCUT2D eigenvalue weighted by atomic mass is 10.1. The van der Waals surface area contributed by atoms with Crippen molar-refractivity contribution in [1.29, 1.82) is 0 Å². The van der Waals surface area contributed by atoms with Crippen LogP contribution in [0.1, 0.15) is 12.5 Å². The number of nitrogens with one attached hydrogen (secondary N) is 1. The lowest BCUT2D eigenvalue weighted by Gasteiger charge is -2.28. The van der Waals surface area contributed by atoms with Gasteiger partial charge in [-0.15, -0.1) is 0 Å². The molecule has 2 heterocycles. The summed E-state index contributed by atoms with van der Waals surface area (Å²) in [5.41, 5.74) is 2.14. The number of thiocarbonyl (C=S) groups is 1. The Morgan fingerprint density at radius 3 is 2.54 bits per heavy atom. The highest BCUT2D eigenvalue weighted by atomic mass is 32.1. The summed E-state index contributed by atoms with van der Waals surface area (Å²) in [4.78, 5) is 26.7. The summed E-state index contributed by atoms with van der Waals surface area (Å²) >= 11 is 5.16. The van der Waals surface area contributed by atoms with E-state index in [1.54, 1.807) is 6.08 Å². The van der Waals surface area contributed by atoms with Crippen LogP contribution in [0.25, 0.3) is 17.0 Å². The Morgan fingerprint density at radius 1 is 1.11 bits per heavy atom. The first-order valence-electron chi connectivity index (χ1n) is 8.74. The number of aryl methyl sites for hydroxylation is 1. The maximum Gasteiger partial charge on any atom is 0.270 e. The van der Waals surface area contributed by atoms with Gasteiger partial charge in [0.05, 0.1) is 5.69 Å². The number of halogens is 1. The zero-order chi connectivity index (χ0) is 19.8. The van der Waals surface area contributed by atoms with Gasteiger partial charge in [-0.05, 0) is 55.5 Å². The number of rotatable bonds is 3. The molecule has 1 aromatic heterocycles. The molecule has 140 valence electrons. The molecule has 1 aliphatic heterocycles. The Bertz CT molecular complexity index is 1150. The number of para-hydroxylation sites is 1. The summed E-state index contributed by atoms with van der Waals surface area (Å²) in [6, 6.07) is 13.1. The summed E-state index contributed by atoms with van der Waals surface area (Å²) < 4.78 is 15.3. The second-order valence-electron chi connectivity index (χ2n) is 6.32. The predicted octanol–water partition coefficient (Wildman–Crippen LogP) is 3.63. The molecule has 0 unspecified atom stereocenters. The van der Waals surface area contributed by atoms with E-state index in [-0.39, 0.29) is 10.7 Å². The van der Waals surface area contributed by atoms with E-state index in [0.717, 1.165) is 23.0 Å². The minimum Gasteiger partial charge on any atom is -0.347 e. The van der Waals surface area contributed by atoms with Crippen LogP contribution >= 0.6 is 12.2 Å². The monoisotopic (exact) mass is 393 g/mol. The smallest absolute Gasteiger partial charge is 0.270 e. The molecule has 0 saturated carbocycles. The number of anilines is 1. The standard InChI is InChI=1S/C21H16FN3O2S/c1-2-24-12-13(16-5-3-4-6-18(16)24)11-17-19(26)23-21(28)25(20(17)27)15-9-7-14(22)8-10-15/h3-12H,2H2,1H3,(H,23,26,28). The zero-order valence-corrected chi connectivity index (χ0v) is 15.8. The number of fused-ring (bicyclic) bond motifs is 1. The second kappa shape index (κ2) is 7.01. The van der Waals surface area contributed by atoms with Crippen molar-refractivity contribution in [2.75, 3.05) is 4.90 Å². The maximum absolute atomic E-state index is 13.2. The van der Waals surface area contributed by atoms with Gasteiger partial charge in [-0.1, -0.05) is 18.2 Å². The van der Waals surface area contributed by atoms with Crippen LogP contribution in [-0.2, 0) is 16.1 Å². The molecular weight excluding hydrogens is 377 g/mol. The fourth-order valence-corrected chi connectivity index (χ4v) is 3.57. The van der Waals surface area contributed by atoms with Crippen molar-refractivity contribution >= 4 is 51.8 Å². The number of amides is 2. The van der Waals surface area contributed by atoms with Crippen molar-refractivity contribution in [3.8, 4) is 0 Å². The number of hydrogen-bond donors (Lipinski definition) is 1. The number of benzene rings is 2. The second-order valence-corrected chi connectivity index (χ2v) is 6.71. The maximum atomic E-state index is 13.2. The fraction of sp³-hybridized carbons (Fsp3) is 0.0952. The van der Waals surface area contributed by atoms with Gasteiger partial charge < -0.3 is 4.57 Å². The molecule has 3 aromatic rings. The van der Waals surface area contributed by atoms with Crippen LogP contribution < -0.4 is 10.2 Å². The Labute approximate surface area is 166 Å². The third-order valence-corrected chi connectivity index (χ3v) is 4.93. The van der Waals surface area contributed by atoms with Crippen molar-refractivity contribution < 1.29 is 14.0 Å².